The van der Waals surface area contributed by atoms with E-state index in [0.717, 1.165) is 0 Å². The van der Waals surface area contributed by atoms with Crippen LogP contribution in [0.3, 0.4) is 0 Å². The standard InChI is InChI=1S/C13H20O4/c1-4-15-9(3)13-7-6-10(17-13)8-11(13)12(14)16-5-2/h6-7,9-11H,4-5,8H2,1-3H3. The van der Waals surface area contributed by atoms with Crippen molar-refractivity contribution in [2.45, 2.75) is 45.0 Å². The van der Waals surface area contributed by atoms with Gasteiger partial charge in [-0.25, -0.2) is 0 Å². The molecule has 2 bridgehead atoms. The number of carbonyl (C=O) groups is 1. The number of hydrogen-bond donors (Lipinski definition) is 0. The van der Waals surface area contributed by atoms with E-state index < -0.39 is 5.60 Å². The molecule has 0 N–H and O–H groups in total. The quantitative estimate of drug-likeness (QED) is 0.542. The van der Waals surface area contributed by atoms with Gasteiger partial charge in [0.25, 0.3) is 0 Å². The molecule has 0 aromatic rings. The lowest BCUT2D eigenvalue weighted by Crippen LogP contribution is -2.48. The second-order valence-electron chi connectivity index (χ2n) is 4.51. The van der Waals surface area contributed by atoms with Crippen LogP contribution < -0.4 is 0 Å². The van der Waals surface area contributed by atoms with E-state index >= 15 is 0 Å². The van der Waals surface area contributed by atoms with Crippen LogP contribution in [0.2, 0.25) is 0 Å². The average Bonchev–Trinajstić information content (AvgIpc) is 2.88. The highest BCUT2D eigenvalue weighted by Crippen LogP contribution is 2.46. The summed E-state index contributed by atoms with van der Waals surface area (Å²) in [5, 5.41) is 0. The zero-order valence-corrected chi connectivity index (χ0v) is 10.6. The highest BCUT2D eigenvalue weighted by atomic mass is 16.6. The first kappa shape index (κ1) is 12.6. The topological polar surface area (TPSA) is 44.8 Å². The molecular weight excluding hydrogens is 220 g/mol. The maximum absolute atomic E-state index is 12.0. The Bertz CT molecular complexity index is 325. The Labute approximate surface area is 102 Å². The lowest BCUT2D eigenvalue weighted by Gasteiger charge is -2.34. The zero-order chi connectivity index (χ0) is 12.5. The van der Waals surface area contributed by atoms with E-state index in [1.165, 1.54) is 0 Å². The predicted octanol–water partition coefficient (Wildman–Crippen LogP) is 1.69. The summed E-state index contributed by atoms with van der Waals surface area (Å²) in [6.45, 7) is 6.73. The third-order valence-corrected chi connectivity index (χ3v) is 3.56. The smallest absolute Gasteiger partial charge is 0.312 e. The minimum absolute atomic E-state index is 0.0345. The highest BCUT2D eigenvalue weighted by molar-refractivity contribution is 5.75. The third-order valence-electron chi connectivity index (χ3n) is 3.56. The normalized spacial score (nSPS) is 36.2. The van der Waals surface area contributed by atoms with Crippen LogP contribution in [0.5, 0.6) is 0 Å². The van der Waals surface area contributed by atoms with Crippen LogP contribution in [0.25, 0.3) is 0 Å². The molecule has 4 nitrogen and oxygen atoms in total. The summed E-state index contributed by atoms with van der Waals surface area (Å²) in [6.07, 6.45) is 4.60. The molecule has 4 atom stereocenters. The molecule has 0 aliphatic carbocycles. The van der Waals surface area contributed by atoms with E-state index in [9.17, 15) is 4.79 Å². The molecule has 2 aliphatic rings. The van der Waals surface area contributed by atoms with Gasteiger partial charge < -0.3 is 14.2 Å². The second-order valence-corrected chi connectivity index (χ2v) is 4.51. The molecule has 4 unspecified atom stereocenters. The molecule has 2 aliphatic heterocycles. The number of carbonyl (C=O) groups excluding carboxylic acids is 1. The maximum atomic E-state index is 12.0. The van der Waals surface area contributed by atoms with Crippen LogP contribution >= 0.6 is 0 Å². The summed E-state index contributed by atoms with van der Waals surface area (Å²) in [5.41, 5.74) is -0.618. The van der Waals surface area contributed by atoms with Gasteiger partial charge in [-0.1, -0.05) is 12.2 Å². The van der Waals surface area contributed by atoms with E-state index in [1.807, 2.05) is 32.9 Å². The van der Waals surface area contributed by atoms with Crippen molar-refractivity contribution in [1.29, 1.82) is 0 Å². The van der Waals surface area contributed by atoms with Crippen molar-refractivity contribution in [1.82, 2.24) is 0 Å². The summed E-state index contributed by atoms with van der Waals surface area (Å²) in [6, 6.07) is 0. The largest absolute Gasteiger partial charge is 0.466 e. The Morgan fingerprint density at radius 2 is 2.29 bits per heavy atom. The molecule has 0 saturated carbocycles. The fourth-order valence-corrected chi connectivity index (χ4v) is 2.76. The van der Waals surface area contributed by atoms with Gasteiger partial charge in [0, 0.05) is 6.61 Å². The Hall–Kier alpha value is -0.870. The first-order valence-electron chi connectivity index (χ1n) is 6.29. The van der Waals surface area contributed by atoms with Crippen molar-refractivity contribution in [2.24, 2.45) is 5.92 Å². The lowest BCUT2D eigenvalue weighted by molar-refractivity contribution is -0.159. The third kappa shape index (κ3) is 2.00. The summed E-state index contributed by atoms with van der Waals surface area (Å²) in [4.78, 5) is 12.0. The summed E-state index contributed by atoms with van der Waals surface area (Å²) < 4.78 is 16.7. The van der Waals surface area contributed by atoms with Crippen LogP contribution in [0.1, 0.15) is 27.2 Å². The molecule has 4 heteroatoms. The Kier molecular flexibility index (Phi) is 3.54. The van der Waals surface area contributed by atoms with E-state index in [-0.39, 0.29) is 24.1 Å². The molecule has 0 spiro atoms. The molecule has 2 heterocycles. The molecule has 0 aromatic carbocycles. The molecule has 96 valence electrons. The molecule has 1 fully saturated rings. The molecule has 17 heavy (non-hydrogen) atoms. The van der Waals surface area contributed by atoms with Crippen LogP contribution in [-0.2, 0) is 19.0 Å². The van der Waals surface area contributed by atoms with Gasteiger partial charge in [-0.15, -0.1) is 0 Å². The van der Waals surface area contributed by atoms with Gasteiger partial charge >= 0.3 is 5.97 Å². The van der Waals surface area contributed by atoms with Crippen LogP contribution in [0.15, 0.2) is 12.2 Å². The number of hydrogen-bond acceptors (Lipinski definition) is 4. The molecule has 1 saturated heterocycles. The van der Waals surface area contributed by atoms with Crippen molar-refractivity contribution < 1.29 is 19.0 Å². The maximum Gasteiger partial charge on any atom is 0.312 e. The van der Waals surface area contributed by atoms with Crippen LogP contribution in [0, 0.1) is 5.92 Å². The summed E-state index contributed by atoms with van der Waals surface area (Å²) >= 11 is 0. The number of esters is 1. The predicted molar refractivity (Wildman–Crippen MR) is 62.6 cm³/mol. The molecule has 2 rings (SSSR count). The summed E-state index contributed by atoms with van der Waals surface area (Å²) in [5.74, 6) is -0.412. The highest BCUT2D eigenvalue weighted by Gasteiger charge is 2.57. The van der Waals surface area contributed by atoms with E-state index in [2.05, 4.69) is 0 Å². The fraction of sp³-hybridized carbons (Fsp3) is 0.769. The molecule has 0 radical (unpaired) electrons. The Morgan fingerprint density at radius 3 is 2.88 bits per heavy atom. The lowest BCUT2D eigenvalue weighted by atomic mass is 9.79. The van der Waals surface area contributed by atoms with Crippen molar-refractivity contribution in [3.05, 3.63) is 12.2 Å². The van der Waals surface area contributed by atoms with Crippen LogP contribution in [-0.4, -0.2) is 37.0 Å². The number of fused-ring (bicyclic) bond motifs is 2. The van der Waals surface area contributed by atoms with Crippen LogP contribution in [0.4, 0.5) is 0 Å². The van der Waals surface area contributed by atoms with Gasteiger partial charge in [-0.05, 0) is 27.2 Å². The fourth-order valence-electron chi connectivity index (χ4n) is 2.76. The van der Waals surface area contributed by atoms with Crippen molar-refractivity contribution in [2.75, 3.05) is 13.2 Å². The monoisotopic (exact) mass is 240 g/mol. The molecule has 0 amide bonds. The number of rotatable bonds is 5. The van der Waals surface area contributed by atoms with Gasteiger partial charge in [0.2, 0.25) is 0 Å². The first-order valence-corrected chi connectivity index (χ1v) is 6.29. The minimum Gasteiger partial charge on any atom is -0.466 e. The van der Waals surface area contributed by atoms with Gasteiger partial charge in [-0.3, -0.25) is 4.79 Å². The van der Waals surface area contributed by atoms with Gasteiger partial charge in [0.05, 0.1) is 24.7 Å². The van der Waals surface area contributed by atoms with Gasteiger partial charge in [0.1, 0.15) is 5.60 Å². The van der Waals surface area contributed by atoms with Crippen molar-refractivity contribution in [3.8, 4) is 0 Å². The second kappa shape index (κ2) is 4.78. The van der Waals surface area contributed by atoms with Gasteiger partial charge in [-0.2, -0.15) is 0 Å². The summed E-state index contributed by atoms with van der Waals surface area (Å²) in [7, 11) is 0. The van der Waals surface area contributed by atoms with Crippen molar-refractivity contribution in [3.63, 3.8) is 0 Å². The van der Waals surface area contributed by atoms with E-state index in [0.29, 0.717) is 19.6 Å². The first-order chi connectivity index (χ1) is 8.14. The van der Waals surface area contributed by atoms with Crippen molar-refractivity contribution >= 4 is 5.97 Å². The van der Waals surface area contributed by atoms with E-state index in [1.54, 1.807) is 0 Å². The zero-order valence-electron chi connectivity index (χ0n) is 10.6. The Balaban J connectivity index is 2.17. The molecule has 0 aromatic heterocycles. The van der Waals surface area contributed by atoms with Gasteiger partial charge in [0.15, 0.2) is 0 Å². The SMILES string of the molecule is CCOC(=O)C1CC2C=CC1(C(C)OCC)O2. The van der Waals surface area contributed by atoms with E-state index in [4.69, 9.17) is 14.2 Å². The Morgan fingerprint density at radius 1 is 1.53 bits per heavy atom. The average molecular weight is 240 g/mol. The molecular formula is C13H20O4. The number of ether oxygens (including phenoxy) is 3. The minimum atomic E-state index is -0.618.